The molecular weight excluding hydrogens is 501 g/mol. The smallest absolute Gasteiger partial charge is 0.261 e. The molecule has 1 aliphatic heterocycles. The largest absolute Gasteiger partial charge is 0.369 e. The monoisotopic (exact) mass is 527 g/mol. The van der Waals surface area contributed by atoms with Crippen molar-refractivity contribution in [3.05, 3.63) is 83.4 Å². The summed E-state index contributed by atoms with van der Waals surface area (Å²) in [6.07, 6.45) is 0.785. The average molecular weight is 528 g/mol. The van der Waals surface area contributed by atoms with Crippen LogP contribution in [0.4, 0.5) is 15.8 Å². The first-order valence-electron chi connectivity index (χ1n) is 11.8. The molecule has 1 fully saturated rings. The Morgan fingerprint density at radius 2 is 1.67 bits per heavy atom. The lowest BCUT2D eigenvalue weighted by Crippen LogP contribution is -2.47. The van der Waals surface area contributed by atoms with E-state index in [0.717, 1.165) is 61.7 Å². The lowest BCUT2D eigenvalue weighted by atomic mass is 10.2. The number of nitrogens with zero attached hydrogens (tertiary/aromatic N) is 4. The molecule has 1 saturated heterocycles. The van der Waals surface area contributed by atoms with Crippen LogP contribution in [0, 0.1) is 5.82 Å². The summed E-state index contributed by atoms with van der Waals surface area (Å²) in [7, 11) is -1.75. The van der Waals surface area contributed by atoms with Crippen molar-refractivity contribution < 1.29 is 12.8 Å². The van der Waals surface area contributed by atoms with Crippen LogP contribution in [0.1, 0.15) is 5.82 Å². The molecule has 188 valence electrons. The fourth-order valence-electron chi connectivity index (χ4n) is 4.50. The third-order valence-electron chi connectivity index (χ3n) is 6.57. The average Bonchev–Trinajstić information content (AvgIpc) is 3.18. The zero-order valence-corrected chi connectivity index (χ0v) is 21.4. The van der Waals surface area contributed by atoms with Gasteiger partial charge in [0, 0.05) is 56.9 Å². The fraction of sp³-hybridized carbons (Fsp3) is 0.269. The highest BCUT2D eigenvalue weighted by Gasteiger charge is 2.19. The van der Waals surface area contributed by atoms with Crippen molar-refractivity contribution in [1.82, 2.24) is 14.5 Å². The van der Waals surface area contributed by atoms with Gasteiger partial charge in [0.2, 0.25) is 0 Å². The van der Waals surface area contributed by atoms with Gasteiger partial charge in [0.1, 0.15) is 11.6 Å². The number of imidazole rings is 1. The maximum atomic E-state index is 13.2. The van der Waals surface area contributed by atoms with E-state index in [4.69, 9.17) is 16.6 Å². The van der Waals surface area contributed by atoms with Crippen LogP contribution in [0.15, 0.2) is 71.6 Å². The number of rotatable bonds is 7. The molecule has 10 heteroatoms. The summed E-state index contributed by atoms with van der Waals surface area (Å²) in [5, 5.41) is 0.478. The fourth-order valence-corrected chi connectivity index (χ4v) is 5.68. The van der Waals surface area contributed by atoms with Gasteiger partial charge in [-0.15, -0.1) is 0 Å². The second kappa shape index (κ2) is 10.1. The van der Waals surface area contributed by atoms with Crippen molar-refractivity contribution in [1.29, 1.82) is 0 Å². The van der Waals surface area contributed by atoms with Crippen LogP contribution in [-0.2, 0) is 23.5 Å². The third kappa shape index (κ3) is 5.33. The van der Waals surface area contributed by atoms with Gasteiger partial charge in [0.05, 0.1) is 21.6 Å². The van der Waals surface area contributed by atoms with E-state index in [-0.39, 0.29) is 10.7 Å². The molecule has 2 heterocycles. The summed E-state index contributed by atoms with van der Waals surface area (Å²) in [4.78, 5) is 9.61. The summed E-state index contributed by atoms with van der Waals surface area (Å²) >= 11 is 5.87. The number of halogens is 2. The first-order chi connectivity index (χ1) is 17.3. The molecule has 5 rings (SSSR count). The zero-order valence-electron chi connectivity index (χ0n) is 19.9. The van der Waals surface area contributed by atoms with Gasteiger partial charge in [0.15, 0.2) is 0 Å². The van der Waals surface area contributed by atoms with E-state index in [0.29, 0.717) is 10.7 Å². The molecular formula is C26H27ClFN5O2S. The number of piperazine rings is 1. The highest BCUT2D eigenvalue weighted by atomic mass is 35.5. The number of nitrogens with one attached hydrogen (secondary N) is 1. The van der Waals surface area contributed by atoms with E-state index in [2.05, 4.69) is 19.1 Å². The number of aromatic nitrogens is 2. The van der Waals surface area contributed by atoms with Gasteiger partial charge in [0.25, 0.3) is 10.0 Å². The number of aryl methyl sites for hydroxylation is 1. The summed E-state index contributed by atoms with van der Waals surface area (Å²) < 4.78 is 43.3. The second-order valence-corrected chi connectivity index (χ2v) is 11.0. The van der Waals surface area contributed by atoms with Crippen molar-refractivity contribution in [2.75, 3.05) is 42.3 Å². The Morgan fingerprint density at radius 1 is 0.972 bits per heavy atom. The number of hydrogen-bond donors (Lipinski definition) is 1. The minimum absolute atomic E-state index is 0.147. The molecule has 0 saturated carbocycles. The topological polar surface area (TPSA) is 70.5 Å². The van der Waals surface area contributed by atoms with Crippen molar-refractivity contribution in [2.24, 2.45) is 7.05 Å². The second-order valence-electron chi connectivity index (χ2n) is 8.91. The standard InChI is InChI=1S/C26H27ClFN5O2S/c1-31-25-11-6-21(30-36(34,35)23-9-2-19(27)3-10-23)18-24(25)29-26(31)12-13-32-14-16-33(17-15-32)22-7-4-20(28)5-8-22/h2-11,18,30H,12-17H2,1H3. The van der Waals surface area contributed by atoms with Crippen LogP contribution in [0.25, 0.3) is 11.0 Å². The Kier molecular flexibility index (Phi) is 6.87. The summed E-state index contributed by atoms with van der Waals surface area (Å²) in [5.41, 5.74) is 3.19. The van der Waals surface area contributed by atoms with Crippen LogP contribution >= 0.6 is 11.6 Å². The first-order valence-corrected chi connectivity index (χ1v) is 13.6. The quantitative estimate of drug-likeness (QED) is 0.382. The van der Waals surface area contributed by atoms with Gasteiger partial charge >= 0.3 is 0 Å². The SMILES string of the molecule is Cn1c(CCN2CCN(c3ccc(F)cc3)CC2)nc2cc(NS(=O)(=O)c3ccc(Cl)cc3)ccc21. The van der Waals surface area contributed by atoms with Crippen molar-refractivity contribution in [3.63, 3.8) is 0 Å². The predicted molar refractivity (Wildman–Crippen MR) is 142 cm³/mol. The van der Waals surface area contributed by atoms with Gasteiger partial charge in [-0.05, 0) is 66.7 Å². The Morgan fingerprint density at radius 3 is 2.36 bits per heavy atom. The number of hydrogen-bond acceptors (Lipinski definition) is 5. The van der Waals surface area contributed by atoms with Gasteiger partial charge in [-0.25, -0.2) is 17.8 Å². The lowest BCUT2D eigenvalue weighted by Gasteiger charge is -2.36. The maximum absolute atomic E-state index is 13.2. The van der Waals surface area contributed by atoms with Crippen molar-refractivity contribution in [3.8, 4) is 0 Å². The molecule has 0 bridgehead atoms. The molecule has 0 atom stereocenters. The van der Waals surface area contributed by atoms with Crippen LogP contribution < -0.4 is 9.62 Å². The van der Waals surface area contributed by atoms with Crippen molar-refractivity contribution >= 4 is 44.0 Å². The minimum atomic E-state index is -3.73. The molecule has 1 N–H and O–H groups in total. The summed E-state index contributed by atoms with van der Waals surface area (Å²) in [6.45, 7) is 4.52. The molecule has 3 aromatic carbocycles. The van der Waals surface area contributed by atoms with Gasteiger partial charge in [-0.3, -0.25) is 9.62 Å². The maximum Gasteiger partial charge on any atom is 0.261 e. The lowest BCUT2D eigenvalue weighted by molar-refractivity contribution is 0.259. The van der Waals surface area contributed by atoms with Crippen molar-refractivity contribution in [2.45, 2.75) is 11.3 Å². The van der Waals surface area contributed by atoms with E-state index >= 15 is 0 Å². The third-order valence-corrected chi connectivity index (χ3v) is 8.21. The number of anilines is 2. The molecule has 0 amide bonds. The van der Waals surface area contributed by atoms with Crippen LogP contribution in [0.5, 0.6) is 0 Å². The predicted octanol–water partition coefficient (Wildman–Crippen LogP) is 4.53. The molecule has 4 aromatic rings. The van der Waals surface area contributed by atoms with E-state index in [1.165, 1.54) is 24.3 Å². The highest BCUT2D eigenvalue weighted by Crippen LogP contribution is 2.24. The minimum Gasteiger partial charge on any atom is -0.369 e. The van der Waals surface area contributed by atoms with Crippen LogP contribution in [-0.4, -0.2) is 55.6 Å². The Hall–Kier alpha value is -3.14. The molecule has 0 spiro atoms. The number of benzene rings is 3. The molecule has 7 nitrogen and oxygen atoms in total. The normalized spacial score (nSPS) is 14.9. The van der Waals surface area contributed by atoms with Crippen LogP contribution in [0.2, 0.25) is 5.02 Å². The van der Waals surface area contributed by atoms with E-state index in [1.54, 1.807) is 24.3 Å². The number of sulfonamides is 1. The molecule has 36 heavy (non-hydrogen) atoms. The number of fused-ring (bicyclic) bond motifs is 1. The molecule has 1 aromatic heterocycles. The van der Waals surface area contributed by atoms with E-state index < -0.39 is 10.0 Å². The summed E-state index contributed by atoms with van der Waals surface area (Å²) in [5.74, 6) is 0.731. The molecule has 0 radical (unpaired) electrons. The van der Waals surface area contributed by atoms with E-state index in [1.807, 2.05) is 25.2 Å². The van der Waals surface area contributed by atoms with Crippen LogP contribution in [0.3, 0.4) is 0 Å². The Balaban J connectivity index is 1.22. The Bertz CT molecular complexity index is 1470. The first kappa shape index (κ1) is 24.5. The Labute approximate surface area is 215 Å². The van der Waals surface area contributed by atoms with Gasteiger partial charge in [-0.1, -0.05) is 11.6 Å². The molecule has 1 aliphatic rings. The van der Waals surface area contributed by atoms with E-state index in [9.17, 15) is 12.8 Å². The van der Waals surface area contributed by atoms with Gasteiger partial charge in [-0.2, -0.15) is 0 Å². The molecule has 0 unspecified atom stereocenters. The zero-order chi connectivity index (χ0) is 25.3. The molecule has 0 aliphatic carbocycles. The summed E-state index contributed by atoms with van der Waals surface area (Å²) in [6, 6.07) is 18.1. The van der Waals surface area contributed by atoms with Gasteiger partial charge < -0.3 is 9.47 Å². The highest BCUT2D eigenvalue weighted by molar-refractivity contribution is 7.92.